The molecule has 0 fully saturated rings. The first-order chi connectivity index (χ1) is 13.9. The van der Waals surface area contributed by atoms with Crippen LogP contribution in [0.3, 0.4) is 0 Å². The van der Waals surface area contributed by atoms with E-state index < -0.39 is 23.4 Å². The first-order valence-electron chi connectivity index (χ1n) is 8.36. The Kier molecular flexibility index (Phi) is 6.03. The molecule has 1 N–H and O–H groups in total. The number of nitrogens with one attached hydrogen (secondary N) is 1. The number of nitro benzene ring substituents is 1. The van der Waals surface area contributed by atoms with Gasteiger partial charge in [0.25, 0.3) is 11.6 Å². The van der Waals surface area contributed by atoms with Crippen LogP contribution in [0, 0.1) is 10.1 Å². The van der Waals surface area contributed by atoms with Crippen molar-refractivity contribution in [1.82, 2.24) is 0 Å². The van der Waals surface area contributed by atoms with Gasteiger partial charge in [0.05, 0.1) is 28.2 Å². The fourth-order valence-corrected chi connectivity index (χ4v) is 2.78. The van der Waals surface area contributed by atoms with Crippen LogP contribution in [-0.4, -0.2) is 36.8 Å². The molecule has 1 aliphatic rings. The van der Waals surface area contributed by atoms with Crippen molar-refractivity contribution in [2.75, 3.05) is 25.3 Å². The van der Waals surface area contributed by atoms with Gasteiger partial charge in [-0.2, -0.15) is 0 Å². The highest BCUT2D eigenvalue weighted by Gasteiger charge is 2.22. The van der Waals surface area contributed by atoms with E-state index in [0.717, 1.165) is 0 Å². The number of nitrogens with zero attached hydrogens (tertiary/aromatic N) is 1. The van der Waals surface area contributed by atoms with Crippen molar-refractivity contribution < 1.29 is 33.5 Å². The van der Waals surface area contributed by atoms with Crippen LogP contribution in [0.1, 0.15) is 17.3 Å². The average Bonchev–Trinajstić information content (AvgIpc) is 3.16. The maximum Gasteiger partial charge on any atom is 0.338 e. The summed E-state index contributed by atoms with van der Waals surface area (Å²) in [5, 5.41) is 13.7. The number of carbonyl (C=O) groups excluding carboxylic acids is 2. The molecule has 0 aliphatic carbocycles. The Balaban J connectivity index is 1.64. The number of carbonyl (C=O) groups is 2. The number of esters is 1. The molecule has 152 valence electrons. The molecule has 3 rings (SSSR count). The minimum Gasteiger partial charge on any atom is -0.494 e. The van der Waals surface area contributed by atoms with E-state index in [1.54, 1.807) is 6.92 Å². The molecule has 1 aliphatic heterocycles. The maximum absolute atomic E-state index is 12.2. The molecule has 0 radical (unpaired) electrons. The second-order valence-electron chi connectivity index (χ2n) is 5.69. The van der Waals surface area contributed by atoms with E-state index in [0.29, 0.717) is 23.9 Å². The second-order valence-corrected chi connectivity index (χ2v) is 6.09. The summed E-state index contributed by atoms with van der Waals surface area (Å²) in [6, 6.07) is 6.71. The number of amides is 1. The van der Waals surface area contributed by atoms with Crippen LogP contribution >= 0.6 is 11.6 Å². The van der Waals surface area contributed by atoms with E-state index >= 15 is 0 Å². The van der Waals surface area contributed by atoms with E-state index in [1.807, 2.05) is 0 Å². The Labute approximate surface area is 169 Å². The lowest BCUT2D eigenvalue weighted by Gasteiger charge is -2.09. The van der Waals surface area contributed by atoms with E-state index in [9.17, 15) is 19.7 Å². The number of fused-ring (bicyclic) bond motifs is 1. The zero-order valence-electron chi connectivity index (χ0n) is 15.1. The van der Waals surface area contributed by atoms with Gasteiger partial charge in [-0.05, 0) is 31.2 Å². The monoisotopic (exact) mass is 422 g/mol. The number of ether oxygens (including phenoxy) is 4. The fraction of sp³-hybridized carbons (Fsp3) is 0.222. The summed E-state index contributed by atoms with van der Waals surface area (Å²) in [5.74, 6) is -0.662. The Morgan fingerprint density at radius 2 is 2.07 bits per heavy atom. The van der Waals surface area contributed by atoms with E-state index in [4.69, 9.17) is 30.5 Å². The van der Waals surface area contributed by atoms with Gasteiger partial charge >= 0.3 is 5.97 Å². The largest absolute Gasteiger partial charge is 0.494 e. The number of rotatable bonds is 7. The summed E-state index contributed by atoms with van der Waals surface area (Å²) in [4.78, 5) is 34.8. The van der Waals surface area contributed by atoms with Crippen molar-refractivity contribution in [3.8, 4) is 17.2 Å². The number of hydrogen-bond acceptors (Lipinski definition) is 8. The third-order valence-electron chi connectivity index (χ3n) is 3.75. The highest BCUT2D eigenvalue weighted by molar-refractivity contribution is 6.32. The Bertz CT molecular complexity index is 979. The van der Waals surface area contributed by atoms with Gasteiger partial charge in [-0.25, -0.2) is 4.79 Å². The third-order valence-corrected chi connectivity index (χ3v) is 4.03. The minimum atomic E-state index is -0.818. The molecule has 1 amide bonds. The summed E-state index contributed by atoms with van der Waals surface area (Å²) in [5.41, 5.74) is -0.331. The first kappa shape index (κ1) is 20.2. The van der Waals surface area contributed by atoms with Gasteiger partial charge in [0.2, 0.25) is 6.79 Å². The molecule has 0 bridgehead atoms. The van der Waals surface area contributed by atoms with Gasteiger partial charge in [-0.1, -0.05) is 11.6 Å². The van der Waals surface area contributed by atoms with E-state index in [1.165, 1.54) is 30.3 Å². The molecule has 0 spiro atoms. The molecule has 2 aromatic carbocycles. The SMILES string of the molecule is CCOc1ccc(NC(=O)COC(=O)c2cc(Cl)c3c(c2)OCO3)c([N+](=O)[O-])c1. The Morgan fingerprint density at radius 1 is 1.28 bits per heavy atom. The molecule has 0 saturated carbocycles. The molecule has 10 nitrogen and oxygen atoms in total. The average molecular weight is 423 g/mol. The highest BCUT2D eigenvalue weighted by Crippen LogP contribution is 2.39. The molecule has 0 unspecified atom stereocenters. The van der Waals surface area contributed by atoms with Crippen LogP contribution < -0.4 is 19.5 Å². The quantitative estimate of drug-likeness (QED) is 0.409. The zero-order valence-corrected chi connectivity index (χ0v) is 15.9. The van der Waals surface area contributed by atoms with Crippen LogP contribution in [0.4, 0.5) is 11.4 Å². The van der Waals surface area contributed by atoms with Crippen LogP contribution in [0.15, 0.2) is 30.3 Å². The van der Waals surface area contributed by atoms with E-state index in [-0.39, 0.29) is 28.8 Å². The van der Waals surface area contributed by atoms with Crippen molar-refractivity contribution in [3.63, 3.8) is 0 Å². The molecule has 1 heterocycles. The predicted molar refractivity (Wildman–Crippen MR) is 101 cm³/mol. The molecule has 0 atom stereocenters. The van der Waals surface area contributed by atoms with Crippen LogP contribution in [0.2, 0.25) is 5.02 Å². The fourth-order valence-electron chi connectivity index (χ4n) is 2.51. The van der Waals surface area contributed by atoms with Gasteiger partial charge in [-0.3, -0.25) is 14.9 Å². The van der Waals surface area contributed by atoms with Crippen molar-refractivity contribution in [1.29, 1.82) is 0 Å². The molecule has 2 aromatic rings. The molecule has 11 heteroatoms. The minimum absolute atomic E-state index is 0.0170. The number of hydrogen-bond donors (Lipinski definition) is 1. The number of benzene rings is 2. The smallest absolute Gasteiger partial charge is 0.338 e. The van der Waals surface area contributed by atoms with Gasteiger partial charge in [-0.15, -0.1) is 0 Å². The zero-order chi connectivity index (χ0) is 21.0. The second kappa shape index (κ2) is 8.65. The third kappa shape index (κ3) is 4.66. The molecular weight excluding hydrogens is 408 g/mol. The summed E-state index contributed by atoms with van der Waals surface area (Å²) in [7, 11) is 0. The molecule has 29 heavy (non-hydrogen) atoms. The number of nitro groups is 1. The Morgan fingerprint density at radius 3 is 2.79 bits per heavy atom. The normalized spacial score (nSPS) is 11.7. The lowest BCUT2D eigenvalue weighted by Crippen LogP contribution is -2.21. The number of anilines is 1. The predicted octanol–water partition coefficient (Wildman–Crippen LogP) is 3.17. The van der Waals surface area contributed by atoms with Gasteiger partial charge in [0.1, 0.15) is 11.4 Å². The summed E-state index contributed by atoms with van der Waals surface area (Å²) < 4.78 is 20.5. The lowest BCUT2D eigenvalue weighted by molar-refractivity contribution is -0.384. The summed E-state index contributed by atoms with van der Waals surface area (Å²) in [6.07, 6.45) is 0. The van der Waals surface area contributed by atoms with Crippen LogP contribution in [-0.2, 0) is 9.53 Å². The van der Waals surface area contributed by atoms with Crippen molar-refractivity contribution >= 4 is 34.9 Å². The maximum atomic E-state index is 12.2. The molecule has 0 saturated heterocycles. The standard InChI is InChI=1S/C18H15ClN2O8/c1-2-26-11-3-4-13(14(7-11)21(24)25)20-16(22)8-27-18(23)10-5-12(19)17-15(6-10)28-9-29-17/h3-7H,2,8-9H2,1H3,(H,20,22). The topological polar surface area (TPSA) is 126 Å². The van der Waals surface area contributed by atoms with Gasteiger partial charge < -0.3 is 24.3 Å². The molecular formula is C18H15ClN2O8. The van der Waals surface area contributed by atoms with Gasteiger partial charge in [0.15, 0.2) is 18.1 Å². The lowest BCUT2D eigenvalue weighted by atomic mass is 10.2. The van der Waals surface area contributed by atoms with Crippen LogP contribution in [0.25, 0.3) is 0 Å². The first-order valence-corrected chi connectivity index (χ1v) is 8.74. The molecule has 0 aromatic heterocycles. The van der Waals surface area contributed by atoms with Gasteiger partial charge in [0, 0.05) is 0 Å². The van der Waals surface area contributed by atoms with Crippen molar-refractivity contribution in [3.05, 3.63) is 51.0 Å². The Hall–Kier alpha value is -3.53. The number of halogens is 1. The summed E-state index contributed by atoms with van der Waals surface area (Å²) >= 11 is 6.01. The van der Waals surface area contributed by atoms with Crippen molar-refractivity contribution in [2.24, 2.45) is 0 Å². The highest BCUT2D eigenvalue weighted by atomic mass is 35.5. The van der Waals surface area contributed by atoms with E-state index in [2.05, 4.69) is 5.32 Å². The summed E-state index contributed by atoms with van der Waals surface area (Å²) in [6.45, 7) is 1.40. The van der Waals surface area contributed by atoms with Crippen molar-refractivity contribution in [2.45, 2.75) is 6.92 Å². The van der Waals surface area contributed by atoms with Crippen LogP contribution in [0.5, 0.6) is 17.2 Å².